The molecular weight excluding hydrogens is 100 g/mol. The van der Waals surface area contributed by atoms with Gasteiger partial charge >= 0.3 is 0 Å². The van der Waals surface area contributed by atoms with Crippen molar-refractivity contribution in [1.82, 2.24) is 0 Å². The third kappa shape index (κ3) is 1.30. The predicted molar refractivity (Wildman–Crippen MR) is 34.3 cm³/mol. The van der Waals surface area contributed by atoms with Crippen LogP contribution < -0.4 is 5.73 Å². The average molecular weight is 113 g/mol. The summed E-state index contributed by atoms with van der Waals surface area (Å²) in [6, 6.07) is 0.314. The molecule has 1 atom stereocenters. The molecule has 0 amide bonds. The van der Waals surface area contributed by atoms with Crippen LogP contribution in [0.1, 0.15) is 12.8 Å². The van der Waals surface area contributed by atoms with Crippen LogP contribution in [0.25, 0.3) is 0 Å². The predicted octanol–water partition coefficient (Wildman–Crippen LogP) is -0.179. The number of nitrogens with zero attached hydrogens (tertiary/aromatic N) is 1. The molecule has 8 heavy (non-hydrogen) atoms. The molecule has 0 fully saturated rings. The Labute approximate surface area is 50.0 Å². The summed E-state index contributed by atoms with van der Waals surface area (Å²) in [7, 11) is 2.07. The summed E-state index contributed by atoms with van der Waals surface area (Å²) in [6.07, 6.45) is 4.49. The van der Waals surface area contributed by atoms with Crippen LogP contribution in [0.2, 0.25) is 0 Å². The summed E-state index contributed by atoms with van der Waals surface area (Å²) in [6.45, 7) is 1.17. The van der Waals surface area contributed by atoms with E-state index in [1.54, 1.807) is 0 Å². The van der Waals surface area contributed by atoms with E-state index in [9.17, 15) is 0 Å². The summed E-state index contributed by atoms with van der Waals surface area (Å²) in [4.78, 5) is 0. The number of hydrogen-bond donors (Lipinski definition) is 1. The van der Waals surface area contributed by atoms with E-state index in [0.29, 0.717) is 6.04 Å². The highest BCUT2D eigenvalue weighted by Gasteiger charge is 2.10. The Bertz CT molecular complexity index is 107. The number of rotatable bonds is 0. The fourth-order valence-electron chi connectivity index (χ4n) is 1.05. The summed E-state index contributed by atoms with van der Waals surface area (Å²) < 4.78 is 2.16. The van der Waals surface area contributed by atoms with Crippen LogP contribution >= 0.6 is 0 Å². The molecule has 2 nitrogen and oxygen atoms in total. The fraction of sp³-hybridized carbons (Fsp3) is 0.833. The van der Waals surface area contributed by atoms with E-state index in [2.05, 4.69) is 17.8 Å². The van der Waals surface area contributed by atoms with Gasteiger partial charge in [-0.3, -0.25) is 0 Å². The van der Waals surface area contributed by atoms with Gasteiger partial charge in [0.05, 0.1) is 6.04 Å². The van der Waals surface area contributed by atoms with Crippen LogP contribution in [0.5, 0.6) is 0 Å². The van der Waals surface area contributed by atoms with E-state index in [1.807, 2.05) is 0 Å². The highest BCUT2D eigenvalue weighted by atomic mass is 15.0. The van der Waals surface area contributed by atoms with Crippen molar-refractivity contribution >= 4 is 6.21 Å². The van der Waals surface area contributed by atoms with Gasteiger partial charge in [0.1, 0.15) is 13.6 Å². The summed E-state index contributed by atoms with van der Waals surface area (Å²) in [5, 5.41) is 0. The Balaban J connectivity index is 2.50. The SMILES string of the molecule is C[N+]1=CC(N)CCC1. The van der Waals surface area contributed by atoms with Gasteiger partial charge in [0.2, 0.25) is 0 Å². The molecule has 0 spiro atoms. The molecule has 0 saturated heterocycles. The third-order valence-corrected chi connectivity index (χ3v) is 1.49. The maximum Gasteiger partial charge on any atom is 0.156 e. The lowest BCUT2D eigenvalue weighted by molar-refractivity contribution is -0.498. The Hall–Kier alpha value is -0.370. The van der Waals surface area contributed by atoms with E-state index < -0.39 is 0 Å². The molecule has 46 valence electrons. The largest absolute Gasteiger partial charge is 0.320 e. The average Bonchev–Trinajstić information content (AvgIpc) is 1.64. The highest BCUT2D eigenvalue weighted by Crippen LogP contribution is 1.96. The molecule has 0 radical (unpaired) electrons. The topological polar surface area (TPSA) is 29.0 Å². The Morgan fingerprint density at radius 2 is 2.50 bits per heavy atom. The second-order valence-electron chi connectivity index (χ2n) is 2.44. The molecule has 2 heteroatoms. The molecule has 0 saturated carbocycles. The van der Waals surface area contributed by atoms with Crippen LogP contribution in [-0.4, -0.2) is 30.4 Å². The minimum Gasteiger partial charge on any atom is -0.320 e. The third-order valence-electron chi connectivity index (χ3n) is 1.49. The lowest BCUT2D eigenvalue weighted by Gasteiger charge is -2.08. The molecule has 0 bridgehead atoms. The maximum atomic E-state index is 5.63. The normalized spacial score (nSPS) is 29.8. The van der Waals surface area contributed by atoms with Crippen molar-refractivity contribution in [1.29, 1.82) is 0 Å². The summed E-state index contributed by atoms with van der Waals surface area (Å²) in [5.41, 5.74) is 5.63. The van der Waals surface area contributed by atoms with Crippen molar-refractivity contribution < 1.29 is 4.58 Å². The summed E-state index contributed by atoms with van der Waals surface area (Å²) >= 11 is 0. The van der Waals surface area contributed by atoms with Crippen LogP contribution in [0.15, 0.2) is 0 Å². The van der Waals surface area contributed by atoms with E-state index in [1.165, 1.54) is 13.0 Å². The van der Waals surface area contributed by atoms with Crippen molar-refractivity contribution in [2.75, 3.05) is 13.6 Å². The fourth-order valence-corrected chi connectivity index (χ4v) is 1.05. The molecule has 1 rings (SSSR count). The van der Waals surface area contributed by atoms with Gasteiger partial charge in [0.15, 0.2) is 6.21 Å². The minimum absolute atomic E-state index is 0.314. The first-order valence-corrected chi connectivity index (χ1v) is 3.10. The molecular formula is C6H13N2+. The lowest BCUT2D eigenvalue weighted by atomic mass is 10.1. The number of hydrogen-bond acceptors (Lipinski definition) is 1. The van der Waals surface area contributed by atoms with Gasteiger partial charge in [-0.05, 0) is 6.42 Å². The van der Waals surface area contributed by atoms with Crippen molar-refractivity contribution in [2.45, 2.75) is 18.9 Å². The van der Waals surface area contributed by atoms with Gasteiger partial charge in [0, 0.05) is 6.42 Å². The minimum atomic E-state index is 0.314. The quantitative estimate of drug-likeness (QED) is 0.434. The van der Waals surface area contributed by atoms with Gasteiger partial charge in [0.25, 0.3) is 0 Å². The zero-order chi connectivity index (χ0) is 5.98. The van der Waals surface area contributed by atoms with Crippen molar-refractivity contribution in [3.63, 3.8) is 0 Å². The molecule has 2 N–H and O–H groups in total. The first-order valence-electron chi connectivity index (χ1n) is 3.10. The van der Waals surface area contributed by atoms with Crippen LogP contribution in [0.4, 0.5) is 0 Å². The van der Waals surface area contributed by atoms with Crippen LogP contribution in [-0.2, 0) is 0 Å². The monoisotopic (exact) mass is 113 g/mol. The Kier molecular flexibility index (Phi) is 1.63. The molecule has 1 aliphatic rings. The first-order chi connectivity index (χ1) is 3.79. The van der Waals surface area contributed by atoms with Gasteiger partial charge in [-0.2, -0.15) is 0 Å². The Morgan fingerprint density at radius 3 is 2.88 bits per heavy atom. The van der Waals surface area contributed by atoms with E-state index in [0.717, 1.165) is 6.42 Å². The Morgan fingerprint density at radius 1 is 1.75 bits per heavy atom. The van der Waals surface area contributed by atoms with Crippen molar-refractivity contribution in [2.24, 2.45) is 5.73 Å². The maximum absolute atomic E-state index is 5.63. The molecule has 0 aromatic heterocycles. The molecule has 0 aromatic rings. The molecule has 1 unspecified atom stereocenters. The van der Waals surface area contributed by atoms with E-state index in [4.69, 9.17) is 5.73 Å². The highest BCUT2D eigenvalue weighted by molar-refractivity contribution is 5.58. The van der Waals surface area contributed by atoms with Crippen molar-refractivity contribution in [3.05, 3.63) is 0 Å². The second-order valence-corrected chi connectivity index (χ2v) is 2.44. The summed E-state index contributed by atoms with van der Waals surface area (Å²) in [5.74, 6) is 0. The van der Waals surface area contributed by atoms with Gasteiger partial charge in [-0.1, -0.05) is 0 Å². The van der Waals surface area contributed by atoms with Gasteiger partial charge in [-0.25, -0.2) is 4.58 Å². The van der Waals surface area contributed by atoms with Crippen molar-refractivity contribution in [3.8, 4) is 0 Å². The second kappa shape index (κ2) is 2.27. The molecule has 1 aliphatic heterocycles. The zero-order valence-corrected chi connectivity index (χ0v) is 5.30. The smallest absolute Gasteiger partial charge is 0.156 e. The van der Waals surface area contributed by atoms with Gasteiger partial charge < -0.3 is 5.73 Å². The van der Waals surface area contributed by atoms with Gasteiger partial charge in [-0.15, -0.1) is 0 Å². The van der Waals surface area contributed by atoms with E-state index >= 15 is 0 Å². The van der Waals surface area contributed by atoms with E-state index in [-0.39, 0.29) is 0 Å². The van der Waals surface area contributed by atoms with Crippen LogP contribution in [0.3, 0.4) is 0 Å². The first kappa shape index (κ1) is 5.76. The molecule has 0 aliphatic carbocycles. The standard InChI is InChI=1S/C6H13N2/c1-8-4-2-3-6(7)5-8/h5-6H,2-4,7H2,1H3/q+1. The molecule has 0 aromatic carbocycles. The van der Waals surface area contributed by atoms with Crippen LogP contribution in [0, 0.1) is 0 Å². The number of nitrogens with two attached hydrogens (primary N) is 1. The molecule has 1 heterocycles. The zero-order valence-electron chi connectivity index (χ0n) is 5.30. The lowest BCUT2D eigenvalue weighted by Crippen LogP contribution is -2.32.